The SMILES string of the molecule is CCc1cc(OC)ccc1-c1ccc(C[C@H](NC(=O)[C@H](CC(=O)O)NC(=O)[C@H](Cc2c[nH]cn2)NC(=O)[C@@H](NC(=O)C(C)(Cc2ccccc2F)NC(=O)[C@@H](NC(=O)CNC(=O)[C@H](CCC(=O)O)NC(=O)C2(C)CCCN2C(=O)[C@H](Cc2c[nH]cn2)NS(C)(=O)=O)[C@@H](C)O)[C@@H](C)O)C(=O)N[C@@H](CCOc2ccc(Cl)cc2C)C(N)=O)cc1. The number of carbonyl (C=O) groups is 13. The number of carboxylic acids is 2. The molecule has 0 spiro atoms. The van der Waals surface area contributed by atoms with Gasteiger partial charge >= 0.3 is 11.9 Å². The number of hydrogen-bond acceptors (Lipinski definition) is 21. The molecule has 7 rings (SSSR count). The molecule has 1 fully saturated rings. The molecule has 1 aliphatic rings. The van der Waals surface area contributed by atoms with Crippen LogP contribution in [0, 0.1) is 12.7 Å². The number of likely N-dealkylation sites (tertiary alicyclic amines) is 1. The Bertz CT molecular complexity index is 4680. The zero-order valence-corrected chi connectivity index (χ0v) is 66.9. The quantitative estimate of drug-likeness (QED) is 0.0229. The van der Waals surface area contributed by atoms with Crippen LogP contribution in [0.1, 0.15) is 107 Å². The summed E-state index contributed by atoms with van der Waals surface area (Å²) in [6, 6.07) is 7.96. The van der Waals surface area contributed by atoms with Gasteiger partial charge in [-0.3, -0.25) is 62.3 Å². The van der Waals surface area contributed by atoms with Crippen LogP contribution in [0.25, 0.3) is 11.1 Å². The lowest BCUT2D eigenvalue weighted by molar-refractivity contribution is -0.146. The molecule has 0 bridgehead atoms. The lowest BCUT2D eigenvalue weighted by Gasteiger charge is -2.37. The summed E-state index contributed by atoms with van der Waals surface area (Å²) in [5, 5.41) is 64.0. The van der Waals surface area contributed by atoms with Gasteiger partial charge in [0.15, 0.2) is 0 Å². The number of imidazole rings is 2. The fraction of sp³-hybridized carbons (Fsp3) is 0.442. The van der Waals surface area contributed by atoms with E-state index >= 15 is 4.39 Å². The van der Waals surface area contributed by atoms with Crippen LogP contribution in [0.3, 0.4) is 0 Å². The van der Waals surface area contributed by atoms with Crippen LogP contribution in [0.15, 0.2) is 110 Å². The van der Waals surface area contributed by atoms with Gasteiger partial charge in [0, 0.05) is 62.5 Å². The fourth-order valence-corrected chi connectivity index (χ4v) is 13.9. The van der Waals surface area contributed by atoms with E-state index in [-0.39, 0.29) is 56.5 Å². The molecule has 0 radical (unpaired) electrons. The first-order valence-corrected chi connectivity index (χ1v) is 39.4. The highest BCUT2D eigenvalue weighted by atomic mass is 35.5. The number of nitrogens with one attached hydrogen (secondary N) is 12. The molecule has 4 aromatic carbocycles. The van der Waals surface area contributed by atoms with Crippen molar-refractivity contribution in [2.45, 2.75) is 184 Å². The Morgan fingerprint density at radius 2 is 1.30 bits per heavy atom. The van der Waals surface area contributed by atoms with Crippen LogP contribution in [0.4, 0.5) is 4.39 Å². The van der Waals surface area contributed by atoms with E-state index in [1.54, 1.807) is 62.6 Å². The Balaban J connectivity index is 1.08. The van der Waals surface area contributed by atoms with Crippen molar-refractivity contribution < 1.29 is 105 Å². The smallest absolute Gasteiger partial charge is 0.305 e. The topological polar surface area (TPSA) is 562 Å². The number of carboxylic acid groups (broad SMARTS) is 2. The number of ether oxygens (including phenoxy) is 2. The Hall–Kier alpha value is -11.9. The number of halogens is 2. The number of methoxy groups -OCH3 is 1. The molecule has 1 saturated heterocycles. The number of aliphatic hydroxyl groups is 2. The van der Waals surface area contributed by atoms with E-state index in [1.807, 2.05) is 19.1 Å². The summed E-state index contributed by atoms with van der Waals surface area (Å²) in [7, 11) is -2.48. The van der Waals surface area contributed by atoms with Crippen LogP contribution >= 0.6 is 11.6 Å². The average Bonchev–Trinajstić information content (AvgIpc) is 1.65. The molecule has 0 saturated carbocycles. The van der Waals surface area contributed by atoms with Crippen LogP contribution in [-0.4, -0.2) is 235 Å². The molecule has 12 atom stereocenters. The van der Waals surface area contributed by atoms with Gasteiger partial charge in [0.2, 0.25) is 75.0 Å². The largest absolute Gasteiger partial charge is 0.497 e. The summed E-state index contributed by atoms with van der Waals surface area (Å²) >= 11 is 6.12. The molecular formula is C77H98ClFN16O21S. The van der Waals surface area contributed by atoms with Crippen molar-refractivity contribution in [3.8, 4) is 22.6 Å². The van der Waals surface area contributed by atoms with Crippen molar-refractivity contribution in [2.24, 2.45) is 5.73 Å². The first kappa shape index (κ1) is 92.2. The van der Waals surface area contributed by atoms with E-state index in [9.17, 15) is 91.2 Å². The second kappa shape index (κ2) is 42.1. The highest BCUT2D eigenvalue weighted by Crippen LogP contribution is 2.32. The van der Waals surface area contributed by atoms with E-state index < -0.39 is 203 Å². The second-order valence-corrected chi connectivity index (χ2v) is 30.9. The van der Waals surface area contributed by atoms with Crippen molar-refractivity contribution >= 4 is 98.5 Å². The number of aromatic nitrogens is 4. The number of H-pyrrole nitrogens is 2. The van der Waals surface area contributed by atoms with Gasteiger partial charge in [0.25, 0.3) is 0 Å². The van der Waals surface area contributed by atoms with E-state index in [4.69, 9.17) is 26.8 Å². The number of aliphatic carboxylic acids is 2. The molecule has 2 aromatic heterocycles. The molecule has 18 N–H and O–H groups in total. The highest BCUT2D eigenvalue weighted by molar-refractivity contribution is 7.88. The third-order valence-electron chi connectivity index (χ3n) is 19.4. The van der Waals surface area contributed by atoms with Gasteiger partial charge in [-0.1, -0.05) is 67.1 Å². The van der Waals surface area contributed by atoms with Gasteiger partial charge < -0.3 is 98.4 Å². The van der Waals surface area contributed by atoms with Gasteiger partial charge in [-0.2, -0.15) is 0 Å². The number of nitrogens with two attached hydrogens (primary N) is 1. The number of nitrogens with zero attached hydrogens (tertiary/aromatic N) is 3. The number of aromatic amines is 2. The van der Waals surface area contributed by atoms with E-state index in [1.165, 1.54) is 50.2 Å². The summed E-state index contributed by atoms with van der Waals surface area (Å²) in [6.07, 6.45) is -1.23. The number of carbonyl (C=O) groups excluding carboxylic acids is 11. The first-order valence-electron chi connectivity index (χ1n) is 37.2. The predicted octanol–water partition coefficient (Wildman–Crippen LogP) is -0.519. The van der Waals surface area contributed by atoms with Crippen molar-refractivity contribution in [1.29, 1.82) is 0 Å². The number of primary amides is 1. The van der Waals surface area contributed by atoms with E-state index in [0.29, 0.717) is 39.8 Å². The maximum absolute atomic E-state index is 15.7. The zero-order valence-electron chi connectivity index (χ0n) is 65.4. The lowest BCUT2D eigenvalue weighted by Crippen LogP contribution is -2.67. The molecule has 632 valence electrons. The monoisotopic (exact) mass is 1670 g/mol. The van der Waals surface area contributed by atoms with Crippen molar-refractivity contribution in [1.82, 2.24) is 77.4 Å². The maximum atomic E-state index is 15.7. The molecule has 6 aromatic rings. The molecular weight excluding hydrogens is 1570 g/mol. The molecule has 0 aliphatic carbocycles. The standard InChI is InChI=1S/C77H98ClFN16O21S/c1-9-45-31-51(115-7)20-21-52(45)46-17-15-44(16-18-46)30-56(68(105)86-54(66(80)103)25-28-116-60-23-19-48(78)29-41(60)2)87-70(107)58(34-63(101)102)88-69(106)57(32-49-36-81-39-84-49)89-71(108)64(42(3)96)92-74(111)76(5,35-47-13-10-11-14-53(47)79)93-72(109)65(43(4)97)91-61(98)38-83-67(104)55(22-24-62(99)100)90-75(112)77(6)26-12-27-95(77)73(110)59(94-117(8,113)114)33-50-37-82-40-85-50/h10-11,13-21,23,29,31,36-37,39-40,42-43,54-59,64-65,94,96-97H,9,12,22,24-28,30,32-35,38H2,1-8H3,(H2,80,103)(H,81,84)(H,82,85)(H,83,104)(H,86,105)(H,87,107)(H,88,106)(H,89,108)(H,90,112)(H,91,98)(H,92,111)(H,93,109)(H,99,100)(H,101,102)/t42-,43-,54+,55+,56+,57+,58+,59+,64+,65+,76?,77?/m1/s1. The molecule has 11 amide bonds. The number of hydrogen-bond donors (Lipinski definition) is 17. The number of rotatable bonds is 44. The minimum atomic E-state index is -4.02. The summed E-state index contributed by atoms with van der Waals surface area (Å²) < 4.78 is 54.1. The van der Waals surface area contributed by atoms with Gasteiger partial charge in [0.1, 0.15) is 76.7 Å². The van der Waals surface area contributed by atoms with Crippen LogP contribution in [0.2, 0.25) is 5.02 Å². The average molecular weight is 1670 g/mol. The number of sulfonamides is 1. The number of aryl methyl sites for hydroxylation is 2. The molecule has 2 unspecified atom stereocenters. The van der Waals surface area contributed by atoms with Gasteiger partial charge in [0.05, 0.1) is 69.2 Å². The predicted molar refractivity (Wildman–Crippen MR) is 418 cm³/mol. The number of amides is 11. The van der Waals surface area contributed by atoms with Crippen LogP contribution in [-0.2, 0) is 104 Å². The van der Waals surface area contributed by atoms with Gasteiger partial charge in [-0.05, 0) is 130 Å². The fourth-order valence-electron chi connectivity index (χ4n) is 13.0. The third-order valence-corrected chi connectivity index (χ3v) is 20.3. The summed E-state index contributed by atoms with van der Waals surface area (Å²) in [6.45, 7) is 6.98. The summed E-state index contributed by atoms with van der Waals surface area (Å²) in [5.41, 5.74) is 5.47. The number of benzene rings is 4. The van der Waals surface area contributed by atoms with Crippen LogP contribution in [0.5, 0.6) is 11.5 Å². The molecule has 117 heavy (non-hydrogen) atoms. The molecule has 37 nitrogen and oxygen atoms in total. The second-order valence-electron chi connectivity index (χ2n) is 28.7. The van der Waals surface area contributed by atoms with Gasteiger partial charge in [-0.15, -0.1) is 0 Å². The minimum absolute atomic E-state index is 0.00303. The maximum Gasteiger partial charge on any atom is 0.305 e. The summed E-state index contributed by atoms with van der Waals surface area (Å²) in [4.78, 5) is 196. The van der Waals surface area contributed by atoms with Crippen molar-refractivity contribution in [2.75, 3.05) is 33.1 Å². The third kappa shape index (κ3) is 26.8. The minimum Gasteiger partial charge on any atom is -0.497 e. The molecule has 40 heteroatoms. The van der Waals surface area contributed by atoms with Crippen LogP contribution < -0.4 is 67.8 Å². The van der Waals surface area contributed by atoms with Gasteiger partial charge in [-0.25, -0.2) is 27.5 Å². The highest BCUT2D eigenvalue weighted by Gasteiger charge is 2.49. The Labute approximate surface area is 677 Å². The normalized spacial score (nSPS) is 16.4. The number of aliphatic hydroxyl groups excluding tert-OH is 2. The lowest BCUT2D eigenvalue weighted by atomic mass is 9.90. The molecule has 1 aliphatic heterocycles. The first-order chi connectivity index (χ1) is 55.2. The Morgan fingerprint density at radius 3 is 1.87 bits per heavy atom. The van der Waals surface area contributed by atoms with E-state index in [2.05, 4.69) is 72.5 Å². The van der Waals surface area contributed by atoms with Crippen molar-refractivity contribution in [3.63, 3.8) is 0 Å². The zero-order chi connectivity index (χ0) is 86.2. The van der Waals surface area contributed by atoms with E-state index in [0.717, 1.165) is 54.7 Å². The Morgan fingerprint density at radius 1 is 0.701 bits per heavy atom. The Kier molecular flexibility index (Phi) is 33.2. The summed E-state index contributed by atoms with van der Waals surface area (Å²) in [5.74, 6) is -15.5. The van der Waals surface area contributed by atoms with Crippen molar-refractivity contribution in [3.05, 3.63) is 154 Å². The molecule has 3 heterocycles.